The molecule has 28 heavy (non-hydrogen) atoms. The van der Waals surface area contributed by atoms with Gasteiger partial charge >= 0.3 is 0 Å². The van der Waals surface area contributed by atoms with E-state index in [9.17, 15) is 9.50 Å². The molecule has 154 valence electrons. The van der Waals surface area contributed by atoms with E-state index in [0.717, 1.165) is 5.56 Å². The van der Waals surface area contributed by atoms with E-state index in [1.165, 1.54) is 6.07 Å². The minimum absolute atomic E-state index is 0. The number of benzene rings is 2. The second-order valence-corrected chi connectivity index (χ2v) is 6.75. The maximum atomic E-state index is 13.5. The van der Waals surface area contributed by atoms with Crippen LogP contribution in [0.4, 0.5) is 4.39 Å². The first kappa shape index (κ1) is 24.9. The van der Waals surface area contributed by atoms with Gasteiger partial charge in [0, 0.05) is 28.7 Å². The molecule has 0 aliphatic carbocycles. The minimum Gasteiger partial charge on any atom is -0.392 e. The van der Waals surface area contributed by atoms with Crippen LogP contribution in [0.3, 0.4) is 0 Å². The summed E-state index contributed by atoms with van der Waals surface area (Å²) in [5.41, 5.74) is 1.59. The Morgan fingerprint density at radius 2 is 1.82 bits per heavy atom. The smallest absolute Gasteiger partial charge is 0.191 e. The molecule has 2 rings (SSSR count). The van der Waals surface area contributed by atoms with Crippen molar-refractivity contribution in [3.05, 3.63) is 69.0 Å². The molecule has 0 fully saturated rings. The maximum Gasteiger partial charge on any atom is 0.191 e. The Morgan fingerprint density at radius 3 is 2.43 bits per heavy atom. The van der Waals surface area contributed by atoms with Crippen molar-refractivity contribution in [2.75, 3.05) is 13.1 Å². The highest BCUT2D eigenvalue weighted by Gasteiger charge is 2.10. The zero-order chi connectivity index (χ0) is 19.8. The zero-order valence-corrected chi connectivity index (χ0v) is 19.1. The quantitative estimate of drug-likeness (QED) is 0.242. The average molecular weight is 542 g/mol. The van der Waals surface area contributed by atoms with Crippen molar-refractivity contribution < 1.29 is 14.6 Å². The van der Waals surface area contributed by atoms with Crippen molar-refractivity contribution in [2.45, 2.75) is 26.2 Å². The van der Waals surface area contributed by atoms with Crippen molar-refractivity contribution in [3.8, 4) is 0 Å². The largest absolute Gasteiger partial charge is 0.392 e. The minimum atomic E-state index is -0.822. The molecular weight excluding hydrogens is 519 g/mol. The predicted molar refractivity (Wildman–Crippen MR) is 122 cm³/mol. The fourth-order valence-electron chi connectivity index (χ4n) is 2.44. The molecular formula is C19H23Cl2FIN3O2. The molecule has 0 amide bonds. The number of hydrogen-bond donors (Lipinski definition) is 4. The number of aliphatic hydroxyl groups is 2. The molecule has 0 aliphatic rings. The molecule has 5 nitrogen and oxygen atoms in total. The summed E-state index contributed by atoms with van der Waals surface area (Å²) in [7, 11) is 0. The van der Waals surface area contributed by atoms with Gasteiger partial charge in [-0.1, -0.05) is 29.3 Å². The van der Waals surface area contributed by atoms with E-state index in [4.69, 9.17) is 28.3 Å². The van der Waals surface area contributed by atoms with Crippen molar-refractivity contribution in [1.82, 2.24) is 10.6 Å². The van der Waals surface area contributed by atoms with Gasteiger partial charge < -0.3 is 20.8 Å². The number of aliphatic hydroxyl groups excluding tert-OH is 2. The van der Waals surface area contributed by atoms with E-state index in [2.05, 4.69) is 15.6 Å². The fraction of sp³-hybridized carbons (Fsp3) is 0.316. The monoisotopic (exact) mass is 541 g/mol. The number of aliphatic imine (C=N–C) groups is 1. The van der Waals surface area contributed by atoms with Crippen LogP contribution < -0.4 is 10.6 Å². The van der Waals surface area contributed by atoms with E-state index in [0.29, 0.717) is 34.7 Å². The molecule has 0 bridgehead atoms. The van der Waals surface area contributed by atoms with Gasteiger partial charge in [-0.05, 0) is 48.4 Å². The molecule has 0 aromatic heterocycles. The molecule has 2 aromatic rings. The summed E-state index contributed by atoms with van der Waals surface area (Å²) < 4.78 is 13.5. The Morgan fingerprint density at radius 1 is 1.14 bits per heavy atom. The van der Waals surface area contributed by atoms with Crippen LogP contribution in [0, 0.1) is 5.82 Å². The highest BCUT2D eigenvalue weighted by Crippen LogP contribution is 2.23. The third-order valence-corrected chi connectivity index (χ3v) is 4.21. The van der Waals surface area contributed by atoms with Gasteiger partial charge in [0.15, 0.2) is 5.96 Å². The first-order valence-electron chi connectivity index (χ1n) is 8.47. The summed E-state index contributed by atoms with van der Waals surface area (Å²) in [5, 5.41) is 26.5. The highest BCUT2D eigenvalue weighted by atomic mass is 127. The van der Waals surface area contributed by atoms with E-state index < -0.39 is 11.9 Å². The van der Waals surface area contributed by atoms with Crippen molar-refractivity contribution >= 4 is 53.1 Å². The summed E-state index contributed by atoms with van der Waals surface area (Å²) in [6.07, 6.45) is -0.822. The molecule has 1 atom stereocenters. The molecule has 0 spiro atoms. The van der Waals surface area contributed by atoms with E-state index >= 15 is 0 Å². The van der Waals surface area contributed by atoms with Crippen molar-refractivity contribution in [3.63, 3.8) is 0 Å². The molecule has 1 unspecified atom stereocenters. The van der Waals surface area contributed by atoms with Crippen LogP contribution in [0.25, 0.3) is 0 Å². The van der Waals surface area contributed by atoms with Crippen LogP contribution in [0.2, 0.25) is 10.0 Å². The lowest BCUT2D eigenvalue weighted by molar-refractivity contribution is 0.181. The van der Waals surface area contributed by atoms with Crippen LogP contribution in [0.1, 0.15) is 29.7 Å². The third-order valence-electron chi connectivity index (χ3n) is 3.78. The average Bonchev–Trinajstić information content (AvgIpc) is 2.64. The topological polar surface area (TPSA) is 76.9 Å². The summed E-state index contributed by atoms with van der Waals surface area (Å²) in [6, 6.07) is 9.40. The predicted octanol–water partition coefficient (Wildman–Crippen LogP) is 4.03. The van der Waals surface area contributed by atoms with E-state index in [1.807, 2.05) is 6.92 Å². The summed E-state index contributed by atoms with van der Waals surface area (Å²) in [5.74, 6) is 0.0538. The van der Waals surface area contributed by atoms with Gasteiger partial charge in [0.25, 0.3) is 0 Å². The molecule has 0 saturated carbocycles. The van der Waals surface area contributed by atoms with Gasteiger partial charge in [-0.3, -0.25) is 0 Å². The molecule has 9 heteroatoms. The standard InChI is InChI=1S/C19H22Cl2FN3O2.HI/c1-2-23-19(24-9-12-3-4-17(22)14(5-12)11-26)25-10-18(27)13-6-15(20)8-16(21)7-13;/h3-8,18,26-27H,2,9-11H2,1H3,(H2,23,24,25);1H. The molecule has 0 heterocycles. The number of guanidine groups is 1. The van der Waals surface area contributed by atoms with Crippen LogP contribution in [-0.2, 0) is 13.2 Å². The molecule has 0 radical (unpaired) electrons. The van der Waals surface area contributed by atoms with Gasteiger partial charge in [-0.2, -0.15) is 0 Å². The number of hydrogen-bond acceptors (Lipinski definition) is 3. The molecule has 0 saturated heterocycles. The van der Waals surface area contributed by atoms with E-state index in [1.54, 1.807) is 30.3 Å². The van der Waals surface area contributed by atoms with Crippen LogP contribution in [0.15, 0.2) is 41.4 Å². The Bertz CT molecular complexity index is 788. The SMILES string of the molecule is CCNC(=NCc1ccc(F)c(CO)c1)NCC(O)c1cc(Cl)cc(Cl)c1.I. The molecule has 2 aromatic carbocycles. The fourth-order valence-corrected chi connectivity index (χ4v) is 2.98. The van der Waals surface area contributed by atoms with E-state index in [-0.39, 0.29) is 42.7 Å². The lowest BCUT2D eigenvalue weighted by atomic mass is 10.1. The van der Waals surface area contributed by atoms with Gasteiger partial charge in [0.05, 0.1) is 19.3 Å². The Kier molecular flexibility index (Phi) is 11.1. The highest BCUT2D eigenvalue weighted by molar-refractivity contribution is 14.0. The summed E-state index contributed by atoms with van der Waals surface area (Å²) >= 11 is 11.9. The molecule has 0 aliphatic heterocycles. The van der Waals surface area contributed by atoms with Gasteiger partial charge in [0.2, 0.25) is 0 Å². The Labute approximate surface area is 191 Å². The van der Waals surface area contributed by atoms with Crippen LogP contribution in [-0.4, -0.2) is 29.3 Å². The normalized spacial score (nSPS) is 12.3. The second-order valence-electron chi connectivity index (χ2n) is 5.88. The number of rotatable bonds is 7. The number of halogens is 4. The van der Waals surface area contributed by atoms with Crippen LogP contribution >= 0.6 is 47.2 Å². The first-order chi connectivity index (χ1) is 12.9. The first-order valence-corrected chi connectivity index (χ1v) is 9.23. The molecule has 4 N–H and O–H groups in total. The lowest BCUT2D eigenvalue weighted by Gasteiger charge is -2.16. The third kappa shape index (κ3) is 7.71. The van der Waals surface area contributed by atoms with Gasteiger partial charge in [-0.25, -0.2) is 9.38 Å². The summed E-state index contributed by atoms with van der Waals surface area (Å²) in [4.78, 5) is 4.42. The Balaban J connectivity index is 0.00000392. The summed E-state index contributed by atoms with van der Waals surface area (Å²) in [6.45, 7) is 2.69. The zero-order valence-electron chi connectivity index (χ0n) is 15.3. The van der Waals surface area contributed by atoms with Gasteiger partial charge in [-0.15, -0.1) is 24.0 Å². The Hall–Kier alpha value is -1.13. The van der Waals surface area contributed by atoms with Gasteiger partial charge in [0.1, 0.15) is 5.82 Å². The maximum absolute atomic E-state index is 13.5. The van der Waals surface area contributed by atoms with Crippen molar-refractivity contribution in [1.29, 1.82) is 0 Å². The second kappa shape index (κ2) is 12.4. The lowest BCUT2D eigenvalue weighted by Crippen LogP contribution is -2.39. The van der Waals surface area contributed by atoms with Crippen LogP contribution in [0.5, 0.6) is 0 Å². The number of nitrogens with one attached hydrogen (secondary N) is 2. The number of nitrogens with zero attached hydrogens (tertiary/aromatic N) is 1. The van der Waals surface area contributed by atoms with Crippen molar-refractivity contribution in [2.24, 2.45) is 4.99 Å².